The van der Waals surface area contributed by atoms with Crippen molar-refractivity contribution in [1.82, 2.24) is 15.4 Å². The summed E-state index contributed by atoms with van der Waals surface area (Å²) in [6, 6.07) is -1.83. The number of nitrogens with two attached hydrogens (primary N) is 1. The zero-order valence-corrected chi connectivity index (χ0v) is 29.7. The zero-order valence-electron chi connectivity index (χ0n) is 28.9. The first-order chi connectivity index (χ1) is 20.9. The topological polar surface area (TPSA) is 182 Å². The van der Waals surface area contributed by atoms with Gasteiger partial charge in [0.2, 0.25) is 15.9 Å². The Balaban J connectivity index is 0.00000111. The lowest BCUT2D eigenvalue weighted by Crippen LogP contribution is -2.50. The first-order valence-electron chi connectivity index (χ1n) is 15.8. The van der Waals surface area contributed by atoms with E-state index in [1.807, 2.05) is 55.4 Å². The fourth-order valence-corrected chi connectivity index (χ4v) is 7.03. The Labute approximate surface area is 270 Å². The van der Waals surface area contributed by atoms with E-state index in [0.717, 1.165) is 36.5 Å². The average Bonchev–Trinajstić information content (AvgIpc) is 2.92. The van der Waals surface area contributed by atoms with Gasteiger partial charge < -0.3 is 35.4 Å². The van der Waals surface area contributed by atoms with Gasteiger partial charge in [0.15, 0.2) is 12.2 Å². The van der Waals surface area contributed by atoms with Crippen molar-refractivity contribution in [3.8, 4) is 5.75 Å². The minimum atomic E-state index is -4.11. The molecular formula is C32H57N5O7S. The van der Waals surface area contributed by atoms with Gasteiger partial charge in [0.05, 0.1) is 10.9 Å². The molecule has 0 saturated heterocycles. The number of benzene rings is 1. The van der Waals surface area contributed by atoms with E-state index in [1.165, 1.54) is 0 Å². The van der Waals surface area contributed by atoms with Crippen molar-refractivity contribution < 1.29 is 32.2 Å². The lowest BCUT2D eigenvalue weighted by molar-refractivity contribution is -0.125. The van der Waals surface area contributed by atoms with Crippen molar-refractivity contribution in [3.05, 3.63) is 22.3 Å². The molecule has 0 spiro atoms. The molecule has 0 bridgehead atoms. The predicted octanol–water partition coefficient (Wildman–Crippen LogP) is 3.76. The second-order valence-corrected chi connectivity index (χ2v) is 14.0. The maximum atomic E-state index is 13.8. The molecule has 258 valence electrons. The Bertz CT molecular complexity index is 1250. The molecule has 0 radical (unpaired) electrons. The SMILES string of the molecule is CCOC(C)OCC.Cc1c(C)c(S(=O)(=O)N[C@@H](CCCNC(=N)N)C(=O)N[C@H](C=O)CC(C)C)c(C)c2c1OC(C)(C)CC2. The molecule has 0 unspecified atom stereocenters. The average molecular weight is 656 g/mol. The summed E-state index contributed by atoms with van der Waals surface area (Å²) in [6.07, 6.45) is 3.05. The summed E-state index contributed by atoms with van der Waals surface area (Å²) < 4.78 is 46.5. The number of rotatable bonds is 16. The van der Waals surface area contributed by atoms with Crippen LogP contribution in [0.5, 0.6) is 5.75 Å². The molecule has 6 N–H and O–H groups in total. The Morgan fingerprint density at radius 2 is 1.69 bits per heavy atom. The third-order valence-corrected chi connectivity index (χ3v) is 9.30. The van der Waals surface area contributed by atoms with Gasteiger partial charge in [0.25, 0.3) is 0 Å². The van der Waals surface area contributed by atoms with Crippen LogP contribution in [0.25, 0.3) is 0 Å². The monoisotopic (exact) mass is 655 g/mol. The summed E-state index contributed by atoms with van der Waals surface area (Å²) in [5.41, 5.74) is 7.81. The lowest BCUT2D eigenvalue weighted by Gasteiger charge is -2.35. The molecule has 1 aliphatic heterocycles. The van der Waals surface area contributed by atoms with Crippen LogP contribution in [0.3, 0.4) is 0 Å². The highest BCUT2D eigenvalue weighted by Crippen LogP contribution is 2.42. The van der Waals surface area contributed by atoms with Gasteiger partial charge in [-0.1, -0.05) is 13.8 Å². The van der Waals surface area contributed by atoms with Crippen molar-refractivity contribution in [2.45, 2.75) is 130 Å². The first kappa shape index (κ1) is 40.3. The van der Waals surface area contributed by atoms with Gasteiger partial charge in [0, 0.05) is 19.8 Å². The summed E-state index contributed by atoms with van der Waals surface area (Å²) in [5, 5.41) is 12.6. The number of aldehydes is 1. The van der Waals surface area contributed by atoms with E-state index >= 15 is 0 Å². The van der Waals surface area contributed by atoms with Crippen molar-refractivity contribution in [1.29, 1.82) is 5.41 Å². The van der Waals surface area contributed by atoms with Gasteiger partial charge in [-0.25, -0.2) is 8.42 Å². The van der Waals surface area contributed by atoms with Crippen LogP contribution < -0.4 is 25.8 Å². The number of nitrogens with one attached hydrogen (secondary N) is 4. The smallest absolute Gasteiger partial charge is 0.241 e. The van der Waals surface area contributed by atoms with E-state index in [0.29, 0.717) is 43.2 Å². The molecule has 45 heavy (non-hydrogen) atoms. The van der Waals surface area contributed by atoms with E-state index in [-0.39, 0.29) is 35.1 Å². The molecule has 0 saturated carbocycles. The lowest BCUT2D eigenvalue weighted by atomic mass is 9.88. The van der Waals surface area contributed by atoms with Crippen LogP contribution in [0.4, 0.5) is 0 Å². The molecule has 1 amide bonds. The fourth-order valence-electron chi connectivity index (χ4n) is 5.23. The number of fused-ring (bicyclic) bond motifs is 1. The number of ether oxygens (including phenoxy) is 3. The normalized spacial score (nSPS) is 15.3. The van der Waals surface area contributed by atoms with Crippen molar-refractivity contribution >= 4 is 28.2 Å². The maximum absolute atomic E-state index is 13.8. The van der Waals surface area contributed by atoms with E-state index in [4.69, 9.17) is 25.4 Å². The van der Waals surface area contributed by atoms with E-state index < -0.39 is 28.0 Å². The Morgan fingerprint density at radius 3 is 2.20 bits per heavy atom. The van der Waals surface area contributed by atoms with Crippen molar-refractivity contribution in [3.63, 3.8) is 0 Å². The molecule has 1 aromatic carbocycles. The molecule has 2 rings (SSSR count). The number of sulfonamides is 1. The quantitative estimate of drug-likeness (QED) is 0.0582. The van der Waals surface area contributed by atoms with Crippen LogP contribution in [-0.4, -0.2) is 70.3 Å². The Hall–Kier alpha value is -2.74. The standard InChI is InChI=1S/C26H43N5O5S.C6H14O2/c1-15(2)13-19(14-32)30-24(33)21(9-8-12-29-25(27)28)31-37(34,35)23-17(4)16(3)22-20(18(23)5)10-11-26(6,7)36-22;1-4-7-6(3)8-5-2/h14-15,19,21,31H,8-13H2,1-7H3,(H,30,33)(H4,27,28,29);6H,4-5H2,1-3H3/t19-,21-;/m0./s1. The molecule has 1 aromatic rings. The van der Waals surface area contributed by atoms with Crippen LogP contribution in [0, 0.1) is 32.1 Å². The second kappa shape index (κ2) is 18.4. The summed E-state index contributed by atoms with van der Waals surface area (Å²) >= 11 is 0. The van der Waals surface area contributed by atoms with E-state index in [1.54, 1.807) is 13.8 Å². The molecule has 2 atom stereocenters. The minimum Gasteiger partial charge on any atom is -0.487 e. The Morgan fingerprint density at radius 1 is 1.09 bits per heavy atom. The van der Waals surface area contributed by atoms with Gasteiger partial charge in [-0.15, -0.1) is 0 Å². The van der Waals surface area contributed by atoms with Gasteiger partial charge in [-0.05, 0) is 116 Å². The van der Waals surface area contributed by atoms with Crippen LogP contribution in [0.2, 0.25) is 0 Å². The fraction of sp³-hybridized carbons (Fsp3) is 0.719. The number of carbonyl (C=O) groups excluding carboxylic acids is 2. The second-order valence-electron chi connectivity index (χ2n) is 12.4. The van der Waals surface area contributed by atoms with E-state index in [9.17, 15) is 18.0 Å². The third kappa shape index (κ3) is 12.9. The number of hydrogen-bond donors (Lipinski definition) is 5. The molecule has 12 nitrogen and oxygen atoms in total. The van der Waals surface area contributed by atoms with E-state index in [2.05, 4.69) is 15.4 Å². The minimum absolute atomic E-state index is 0.0370. The van der Waals surface area contributed by atoms with Gasteiger partial charge in [-0.2, -0.15) is 4.72 Å². The summed E-state index contributed by atoms with van der Waals surface area (Å²) in [6.45, 7) is 20.8. The molecule has 0 fully saturated rings. The highest BCUT2D eigenvalue weighted by Gasteiger charge is 2.35. The molecule has 1 heterocycles. The summed E-state index contributed by atoms with van der Waals surface area (Å²) in [7, 11) is -4.11. The van der Waals surface area contributed by atoms with Crippen molar-refractivity contribution in [2.24, 2.45) is 11.7 Å². The number of hydrogen-bond acceptors (Lipinski definition) is 8. The molecular weight excluding hydrogens is 598 g/mol. The van der Waals surface area contributed by atoms with Crippen LogP contribution in [0.1, 0.15) is 96.4 Å². The molecule has 0 aromatic heterocycles. The highest BCUT2D eigenvalue weighted by molar-refractivity contribution is 7.89. The molecule has 13 heteroatoms. The van der Waals surface area contributed by atoms with Gasteiger partial charge in [0.1, 0.15) is 23.7 Å². The molecule has 1 aliphatic rings. The Kier molecular flexibility index (Phi) is 16.5. The largest absolute Gasteiger partial charge is 0.487 e. The van der Waals surface area contributed by atoms with Gasteiger partial charge in [-0.3, -0.25) is 10.2 Å². The van der Waals surface area contributed by atoms with Crippen LogP contribution in [-0.2, 0) is 35.5 Å². The number of amides is 1. The third-order valence-electron chi connectivity index (χ3n) is 7.55. The molecule has 0 aliphatic carbocycles. The van der Waals surface area contributed by atoms with Crippen molar-refractivity contribution in [2.75, 3.05) is 19.8 Å². The zero-order chi connectivity index (χ0) is 34.5. The summed E-state index contributed by atoms with van der Waals surface area (Å²) in [4.78, 5) is 24.9. The first-order valence-corrected chi connectivity index (χ1v) is 17.3. The maximum Gasteiger partial charge on any atom is 0.241 e. The predicted molar refractivity (Wildman–Crippen MR) is 177 cm³/mol. The van der Waals surface area contributed by atoms with Gasteiger partial charge >= 0.3 is 0 Å². The highest BCUT2D eigenvalue weighted by atomic mass is 32.2. The summed E-state index contributed by atoms with van der Waals surface area (Å²) in [5.74, 6) is 0.124. The van der Waals surface area contributed by atoms with Crippen LogP contribution >= 0.6 is 0 Å². The number of guanidine groups is 1. The number of carbonyl (C=O) groups is 2. The van der Waals surface area contributed by atoms with Crippen LogP contribution in [0.15, 0.2) is 4.90 Å².